The molecule has 0 unspecified atom stereocenters. The summed E-state index contributed by atoms with van der Waals surface area (Å²) in [5.74, 6) is 1.48. The fourth-order valence-electron chi connectivity index (χ4n) is 5.69. The highest BCUT2D eigenvalue weighted by molar-refractivity contribution is 5.93. The number of anilines is 2. The highest BCUT2D eigenvalue weighted by Crippen LogP contribution is 2.29. The van der Waals surface area contributed by atoms with E-state index < -0.39 is 0 Å². The van der Waals surface area contributed by atoms with Crippen LogP contribution in [0.2, 0.25) is 0 Å². The Labute approximate surface area is 216 Å². The van der Waals surface area contributed by atoms with Crippen LogP contribution >= 0.6 is 0 Å². The molecule has 4 aliphatic heterocycles. The fourth-order valence-corrected chi connectivity index (χ4v) is 5.69. The van der Waals surface area contributed by atoms with E-state index in [9.17, 15) is 9.59 Å². The van der Waals surface area contributed by atoms with E-state index >= 15 is 0 Å². The van der Waals surface area contributed by atoms with Gasteiger partial charge in [-0.25, -0.2) is 14.8 Å². The largest absolute Gasteiger partial charge is 0.497 e. The molecule has 10 heteroatoms. The van der Waals surface area contributed by atoms with Crippen molar-refractivity contribution < 1.29 is 14.3 Å². The molecule has 0 aliphatic carbocycles. The van der Waals surface area contributed by atoms with Gasteiger partial charge in [0.2, 0.25) is 0 Å². The minimum Gasteiger partial charge on any atom is -0.497 e. The minimum absolute atomic E-state index is 0.0521. The lowest BCUT2D eigenvalue weighted by Crippen LogP contribution is -2.49. The van der Waals surface area contributed by atoms with Gasteiger partial charge in [0.1, 0.15) is 23.6 Å². The van der Waals surface area contributed by atoms with Crippen molar-refractivity contribution in [3.05, 3.63) is 53.1 Å². The predicted octanol–water partition coefficient (Wildman–Crippen LogP) is 3.12. The van der Waals surface area contributed by atoms with Gasteiger partial charge in [0, 0.05) is 56.6 Å². The van der Waals surface area contributed by atoms with Gasteiger partial charge in [-0.1, -0.05) is 0 Å². The van der Waals surface area contributed by atoms with Gasteiger partial charge in [-0.15, -0.1) is 0 Å². The summed E-state index contributed by atoms with van der Waals surface area (Å²) < 4.78 is 5.35. The number of rotatable bonds is 4. The number of hydrogen-bond acceptors (Lipinski definition) is 7. The normalized spacial score (nSPS) is 19.9. The van der Waals surface area contributed by atoms with Crippen molar-refractivity contribution in [2.24, 2.45) is 4.99 Å². The zero-order chi connectivity index (χ0) is 25.4. The molecule has 5 heterocycles. The lowest BCUT2D eigenvalue weighted by atomic mass is 10.0. The molecule has 0 spiro atoms. The Kier molecular flexibility index (Phi) is 6.23. The molecule has 4 aliphatic rings. The number of hydrogen-bond donors (Lipinski definition) is 1. The van der Waals surface area contributed by atoms with E-state index in [0.717, 1.165) is 73.7 Å². The number of fused-ring (bicyclic) bond motifs is 1. The molecule has 1 fully saturated rings. The van der Waals surface area contributed by atoms with Crippen molar-refractivity contribution in [3.63, 3.8) is 0 Å². The number of methoxy groups -OCH3 is 1. The lowest BCUT2D eigenvalue weighted by molar-refractivity contribution is 0.0757. The molecular weight excluding hydrogens is 470 g/mol. The van der Waals surface area contributed by atoms with Gasteiger partial charge in [0.15, 0.2) is 0 Å². The third kappa shape index (κ3) is 4.63. The van der Waals surface area contributed by atoms with Crippen LogP contribution in [0.15, 0.2) is 46.9 Å². The summed E-state index contributed by atoms with van der Waals surface area (Å²) in [7, 11) is 1.65. The SMILES string of the molecule is COc1ccc2c(c1)CCN(C1CCN(c3cc(C(=O)N4CCC5=C(C4)N=CC5)ncn3)CC1)C(=O)N2. The molecule has 1 N–H and O–H groups in total. The maximum atomic E-state index is 13.2. The van der Waals surface area contributed by atoms with Gasteiger partial charge in [-0.2, -0.15) is 0 Å². The summed E-state index contributed by atoms with van der Waals surface area (Å²) >= 11 is 0. The first kappa shape index (κ1) is 23.4. The molecule has 0 atom stereocenters. The van der Waals surface area contributed by atoms with E-state index in [1.165, 1.54) is 11.9 Å². The first-order chi connectivity index (χ1) is 18.1. The van der Waals surface area contributed by atoms with Crippen LogP contribution in [0.3, 0.4) is 0 Å². The summed E-state index contributed by atoms with van der Waals surface area (Å²) in [6.45, 7) is 3.42. The van der Waals surface area contributed by atoms with E-state index in [1.54, 1.807) is 13.2 Å². The maximum Gasteiger partial charge on any atom is 0.322 e. The molecule has 1 aromatic carbocycles. The summed E-state index contributed by atoms with van der Waals surface area (Å²) in [5, 5.41) is 3.07. The highest BCUT2D eigenvalue weighted by atomic mass is 16.5. The quantitative estimate of drug-likeness (QED) is 0.691. The second-order valence-corrected chi connectivity index (χ2v) is 9.92. The number of aliphatic imine (C=N–C) groups is 1. The minimum atomic E-state index is -0.0791. The van der Waals surface area contributed by atoms with Gasteiger partial charge in [0.05, 0.1) is 19.4 Å². The molecule has 1 aromatic heterocycles. The van der Waals surface area contributed by atoms with E-state index in [0.29, 0.717) is 25.3 Å². The smallest absolute Gasteiger partial charge is 0.322 e. The molecular formula is C27H31N7O3. The van der Waals surface area contributed by atoms with Gasteiger partial charge in [-0.05, 0) is 55.0 Å². The molecule has 2 aromatic rings. The number of aromatic nitrogens is 2. The van der Waals surface area contributed by atoms with Crippen molar-refractivity contribution in [2.75, 3.05) is 50.1 Å². The Bertz CT molecular complexity index is 1280. The van der Waals surface area contributed by atoms with Crippen LogP contribution in [0, 0.1) is 0 Å². The van der Waals surface area contributed by atoms with Crippen LogP contribution in [-0.2, 0) is 6.42 Å². The fraction of sp³-hybridized carbons (Fsp3) is 0.444. The standard InChI is InChI=1S/C27H31N7O3/c1-37-21-2-3-22-19(14-21)6-13-34(27(36)31-22)20-7-11-32(12-8-20)25-15-23(29-17-30-25)26(35)33-10-5-18-4-9-28-24(18)16-33/h2-3,9,14-15,17,20H,4-8,10-13,16H2,1H3,(H,31,36). The second kappa shape index (κ2) is 9.84. The number of benzene rings is 1. The number of urea groups is 1. The van der Waals surface area contributed by atoms with Crippen LogP contribution in [0.5, 0.6) is 5.75 Å². The third-order valence-corrected chi connectivity index (χ3v) is 7.84. The van der Waals surface area contributed by atoms with E-state index in [-0.39, 0.29) is 18.0 Å². The Morgan fingerprint density at radius 3 is 2.78 bits per heavy atom. The molecule has 37 heavy (non-hydrogen) atoms. The molecule has 3 amide bonds. The number of carbonyl (C=O) groups is 2. The third-order valence-electron chi connectivity index (χ3n) is 7.84. The van der Waals surface area contributed by atoms with Crippen molar-refractivity contribution in [3.8, 4) is 5.75 Å². The Morgan fingerprint density at radius 1 is 1.08 bits per heavy atom. The Morgan fingerprint density at radius 2 is 1.95 bits per heavy atom. The van der Waals surface area contributed by atoms with Crippen LogP contribution in [0.4, 0.5) is 16.3 Å². The predicted molar refractivity (Wildman–Crippen MR) is 140 cm³/mol. The second-order valence-electron chi connectivity index (χ2n) is 9.92. The number of ether oxygens (including phenoxy) is 1. The summed E-state index contributed by atoms with van der Waals surface area (Å²) in [5.41, 5.74) is 4.72. The van der Waals surface area contributed by atoms with E-state index in [1.807, 2.05) is 34.2 Å². The van der Waals surface area contributed by atoms with Crippen molar-refractivity contribution in [2.45, 2.75) is 38.1 Å². The van der Waals surface area contributed by atoms with Gasteiger partial charge in [-0.3, -0.25) is 9.79 Å². The number of carbonyl (C=O) groups excluding carboxylic acids is 2. The van der Waals surface area contributed by atoms with E-state index in [2.05, 4.69) is 25.2 Å². The van der Waals surface area contributed by atoms with E-state index in [4.69, 9.17) is 4.74 Å². The molecule has 0 radical (unpaired) electrons. The zero-order valence-corrected chi connectivity index (χ0v) is 21.0. The van der Waals surface area contributed by atoms with Gasteiger partial charge in [0.25, 0.3) is 5.91 Å². The monoisotopic (exact) mass is 501 g/mol. The molecule has 6 rings (SSSR count). The average molecular weight is 502 g/mol. The van der Waals surface area contributed by atoms with Crippen LogP contribution < -0.4 is 15.0 Å². The zero-order valence-electron chi connectivity index (χ0n) is 21.0. The summed E-state index contributed by atoms with van der Waals surface area (Å²) in [4.78, 5) is 45.3. The van der Waals surface area contributed by atoms with Gasteiger partial charge < -0.3 is 24.8 Å². The van der Waals surface area contributed by atoms with Crippen molar-refractivity contribution in [1.82, 2.24) is 19.8 Å². The average Bonchev–Trinajstić information content (AvgIpc) is 3.35. The first-order valence-electron chi connectivity index (χ1n) is 12.9. The first-order valence-corrected chi connectivity index (χ1v) is 12.9. The summed E-state index contributed by atoms with van der Waals surface area (Å²) in [6, 6.07) is 7.68. The van der Waals surface area contributed by atoms with Crippen LogP contribution in [0.25, 0.3) is 0 Å². The number of piperidine rings is 1. The maximum absolute atomic E-state index is 13.2. The summed E-state index contributed by atoms with van der Waals surface area (Å²) in [6.07, 6.45) is 7.63. The lowest BCUT2D eigenvalue weighted by Gasteiger charge is -2.38. The highest BCUT2D eigenvalue weighted by Gasteiger charge is 2.31. The Hall–Kier alpha value is -3.95. The number of amides is 3. The van der Waals surface area contributed by atoms with Crippen molar-refractivity contribution in [1.29, 1.82) is 0 Å². The molecule has 10 nitrogen and oxygen atoms in total. The van der Waals surface area contributed by atoms with Crippen LogP contribution in [-0.4, -0.2) is 83.8 Å². The molecule has 1 saturated heterocycles. The Balaban J connectivity index is 1.08. The van der Waals surface area contributed by atoms with Crippen LogP contribution in [0.1, 0.15) is 41.7 Å². The van der Waals surface area contributed by atoms with Crippen molar-refractivity contribution >= 4 is 29.7 Å². The molecule has 0 bridgehead atoms. The number of nitrogens with zero attached hydrogens (tertiary/aromatic N) is 6. The molecule has 192 valence electrons. The number of nitrogens with one attached hydrogen (secondary N) is 1. The van der Waals surface area contributed by atoms with Gasteiger partial charge >= 0.3 is 6.03 Å². The topological polar surface area (TPSA) is 103 Å². The molecule has 0 saturated carbocycles.